The first-order valence-electron chi connectivity index (χ1n) is 7.63. The SMILES string of the molecule is CN(c1ccc(Cl)cc1F)C1CCN(c2ccccc2[N+](=O)[O-])C1. The first kappa shape index (κ1) is 16.5. The second kappa shape index (κ2) is 6.65. The summed E-state index contributed by atoms with van der Waals surface area (Å²) in [6.07, 6.45) is 0.796. The van der Waals surface area contributed by atoms with Crippen LogP contribution >= 0.6 is 11.6 Å². The van der Waals surface area contributed by atoms with Crippen LogP contribution in [0.25, 0.3) is 0 Å². The minimum atomic E-state index is -0.370. The quantitative estimate of drug-likeness (QED) is 0.616. The van der Waals surface area contributed by atoms with E-state index in [1.807, 2.05) is 16.8 Å². The van der Waals surface area contributed by atoms with Crippen molar-refractivity contribution in [3.63, 3.8) is 0 Å². The number of benzene rings is 2. The Balaban J connectivity index is 1.79. The van der Waals surface area contributed by atoms with Gasteiger partial charge in [0.2, 0.25) is 0 Å². The summed E-state index contributed by atoms with van der Waals surface area (Å²) in [6, 6.07) is 11.4. The van der Waals surface area contributed by atoms with Crippen LogP contribution in [0.2, 0.25) is 5.02 Å². The number of nitrogens with zero attached hydrogens (tertiary/aromatic N) is 3. The Morgan fingerprint density at radius 3 is 2.79 bits per heavy atom. The minimum Gasteiger partial charge on any atom is -0.367 e. The predicted octanol–water partition coefficient (Wildman–Crippen LogP) is 4.10. The number of nitro benzene ring substituents is 1. The Hall–Kier alpha value is -2.34. The molecular weight excluding hydrogens is 333 g/mol. The van der Waals surface area contributed by atoms with E-state index in [1.54, 1.807) is 30.3 Å². The molecule has 2 aromatic rings. The van der Waals surface area contributed by atoms with Crippen LogP contribution < -0.4 is 9.80 Å². The van der Waals surface area contributed by atoms with Gasteiger partial charge >= 0.3 is 0 Å². The second-order valence-corrected chi connectivity index (χ2v) is 6.28. The lowest BCUT2D eigenvalue weighted by Crippen LogP contribution is -2.35. The predicted molar refractivity (Wildman–Crippen MR) is 93.5 cm³/mol. The average molecular weight is 350 g/mol. The maximum Gasteiger partial charge on any atom is 0.292 e. The van der Waals surface area contributed by atoms with E-state index in [2.05, 4.69) is 0 Å². The number of nitro groups is 1. The molecule has 1 atom stereocenters. The summed E-state index contributed by atoms with van der Waals surface area (Å²) >= 11 is 5.80. The molecule has 1 aliphatic rings. The highest BCUT2D eigenvalue weighted by molar-refractivity contribution is 6.30. The van der Waals surface area contributed by atoms with Gasteiger partial charge in [-0.2, -0.15) is 0 Å². The Morgan fingerprint density at radius 1 is 1.33 bits per heavy atom. The third-order valence-corrected chi connectivity index (χ3v) is 4.66. The van der Waals surface area contributed by atoms with Crippen LogP contribution in [-0.4, -0.2) is 31.1 Å². The topological polar surface area (TPSA) is 49.6 Å². The molecule has 0 radical (unpaired) electrons. The molecule has 126 valence electrons. The van der Waals surface area contributed by atoms with E-state index in [9.17, 15) is 14.5 Å². The van der Waals surface area contributed by atoms with Gasteiger partial charge < -0.3 is 9.80 Å². The Bertz CT molecular complexity index is 771. The number of para-hydroxylation sites is 2. The van der Waals surface area contributed by atoms with E-state index in [0.717, 1.165) is 6.42 Å². The van der Waals surface area contributed by atoms with Crippen LogP contribution in [0.5, 0.6) is 0 Å². The van der Waals surface area contributed by atoms with Crippen molar-refractivity contribution >= 4 is 28.7 Å². The lowest BCUT2D eigenvalue weighted by atomic mass is 10.2. The summed E-state index contributed by atoms with van der Waals surface area (Å²) in [7, 11) is 1.83. The molecule has 0 saturated carbocycles. The molecule has 1 saturated heterocycles. The fraction of sp³-hybridized carbons (Fsp3) is 0.294. The van der Waals surface area contributed by atoms with Gasteiger partial charge in [-0.3, -0.25) is 10.1 Å². The third-order valence-electron chi connectivity index (χ3n) is 4.42. The molecule has 1 heterocycles. The summed E-state index contributed by atoms with van der Waals surface area (Å²) in [6.45, 7) is 1.29. The maximum absolute atomic E-state index is 14.1. The fourth-order valence-corrected chi connectivity index (χ4v) is 3.29. The molecular formula is C17H17ClFN3O2. The molecule has 0 amide bonds. The zero-order valence-corrected chi connectivity index (χ0v) is 13.9. The highest BCUT2D eigenvalue weighted by atomic mass is 35.5. The van der Waals surface area contributed by atoms with Gasteiger partial charge in [0.15, 0.2) is 0 Å². The molecule has 2 aromatic carbocycles. The molecule has 0 spiro atoms. The molecule has 24 heavy (non-hydrogen) atoms. The number of likely N-dealkylation sites (N-methyl/N-ethyl adjacent to an activating group) is 1. The lowest BCUT2D eigenvalue weighted by Gasteiger charge is -2.27. The van der Waals surface area contributed by atoms with Gasteiger partial charge in [-0.15, -0.1) is 0 Å². The lowest BCUT2D eigenvalue weighted by molar-refractivity contribution is -0.384. The number of rotatable bonds is 4. The summed E-state index contributed by atoms with van der Waals surface area (Å²) in [4.78, 5) is 14.7. The van der Waals surface area contributed by atoms with E-state index < -0.39 is 0 Å². The van der Waals surface area contributed by atoms with Crippen molar-refractivity contribution in [2.45, 2.75) is 12.5 Å². The second-order valence-electron chi connectivity index (χ2n) is 5.84. The monoisotopic (exact) mass is 349 g/mol. The molecule has 5 nitrogen and oxygen atoms in total. The Morgan fingerprint density at radius 2 is 2.08 bits per heavy atom. The number of hydrogen-bond donors (Lipinski definition) is 0. The van der Waals surface area contributed by atoms with Crippen LogP contribution in [0.3, 0.4) is 0 Å². The van der Waals surface area contributed by atoms with Crippen molar-refractivity contribution in [1.82, 2.24) is 0 Å². The van der Waals surface area contributed by atoms with Gasteiger partial charge in [-0.25, -0.2) is 4.39 Å². The smallest absolute Gasteiger partial charge is 0.292 e. The van der Waals surface area contributed by atoms with E-state index >= 15 is 0 Å². The molecule has 1 aliphatic heterocycles. The molecule has 0 aromatic heterocycles. The number of anilines is 2. The van der Waals surface area contributed by atoms with Crippen LogP contribution in [0.15, 0.2) is 42.5 Å². The highest BCUT2D eigenvalue weighted by Gasteiger charge is 2.30. The van der Waals surface area contributed by atoms with Crippen molar-refractivity contribution in [1.29, 1.82) is 0 Å². The van der Waals surface area contributed by atoms with Gasteiger partial charge in [0, 0.05) is 37.3 Å². The zero-order valence-electron chi connectivity index (χ0n) is 13.2. The fourth-order valence-electron chi connectivity index (χ4n) is 3.13. The summed E-state index contributed by atoms with van der Waals surface area (Å²) in [5, 5.41) is 11.6. The first-order valence-corrected chi connectivity index (χ1v) is 8.01. The van der Waals surface area contributed by atoms with Gasteiger partial charge in [0.1, 0.15) is 11.5 Å². The van der Waals surface area contributed by atoms with Gasteiger partial charge in [0.25, 0.3) is 5.69 Å². The minimum absolute atomic E-state index is 0.0699. The van der Waals surface area contributed by atoms with Crippen molar-refractivity contribution in [2.24, 2.45) is 0 Å². The standard InChI is InChI=1S/C17H17ClFN3O2/c1-20(15-7-6-12(18)10-14(15)19)13-8-9-21(11-13)16-4-2-3-5-17(16)22(23)24/h2-7,10,13H,8-9,11H2,1H3. The van der Waals surface area contributed by atoms with Gasteiger partial charge in [0.05, 0.1) is 10.6 Å². The summed E-state index contributed by atoms with van der Waals surface area (Å²) < 4.78 is 14.1. The molecule has 0 N–H and O–H groups in total. The van der Waals surface area contributed by atoms with Crippen LogP contribution in [0.1, 0.15) is 6.42 Å². The van der Waals surface area contributed by atoms with E-state index in [1.165, 1.54) is 12.1 Å². The van der Waals surface area contributed by atoms with E-state index in [4.69, 9.17) is 11.6 Å². The largest absolute Gasteiger partial charge is 0.367 e. The van der Waals surface area contributed by atoms with Crippen molar-refractivity contribution in [3.05, 3.63) is 63.4 Å². The van der Waals surface area contributed by atoms with Crippen LogP contribution in [0, 0.1) is 15.9 Å². The van der Waals surface area contributed by atoms with Crippen LogP contribution in [-0.2, 0) is 0 Å². The molecule has 0 aliphatic carbocycles. The number of halogens is 2. The molecule has 0 bridgehead atoms. The summed E-state index contributed by atoms with van der Waals surface area (Å²) in [5.74, 6) is -0.367. The molecule has 1 unspecified atom stereocenters. The third kappa shape index (κ3) is 3.14. The zero-order chi connectivity index (χ0) is 17.3. The molecule has 7 heteroatoms. The maximum atomic E-state index is 14.1. The summed E-state index contributed by atoms with van der Waals surface area (Å²) in [5.41, 5.74) is 1.18. The Labute approximate surface area is 144 Å². The Kier molecular flexibility index (Phi) is 4.57. The molecule has 3 rings (SSSR count). The average Bonchev–Trinajstić information content (AvgIpc) is 3.04. The number of hydrogen-bond acceptors (Lipinski definition) is 4. The van der Waals surface area contributed by atoms with E-state index in [0.29, 0.717) is 29.5 Å². The van der Waals surface area contributed by atoms with Crippen molar-refractivity contribution in [2.75, 3.05) is 29.9 Å². The highest BCUT2D eigenvalue weighted by Crippen LogP contribution is 2.33. The van der Waals surface area contributed by atoms with Crippen LogP contribution in [0.4, 0.5) is 21.5 Å². The van der Waals surface area contributed by atoms with Crippen molar-refractivity contribution in [3.8, 4) is 0 Å². The first-order chi connectivity index (χ1) is 11.5. The van der Waals surface area contributed by atoms with Gasteiger partial charge in [-0.1, -0.05) is 23.7 Å². The normalized spacial score (nSPS) is 17.1. The molecule has 1 fully saturated rings. The van der Waals surface area contributed by atoms with E-state index in [-0.39, 0.29) is 22.5 Å². The van der Waals surface area contributed by atoms with Gasteiger partial charge in [-0.05, 0) is 30.7 Å². The van der Waals surface area contributed by atoms with Crippen molar-refractivity contribution < 1.29 is 9.31 Å².